The lowest BCUT2D eigenvalue weighted by Crippen LogP contribution is -2.34. The van der Waals surface area contributed by atoms with Crippen LogP contribution in [0.5, 0.6) is 0 Å². The molecule has 1 atom stereocenters. The average molecular weight is 403 g/mol. The van der Waals surface area contributed by atoms with Crippen LogP contribution < -0.4 is 10.6 Å². The van der Waals surface area contributed by atoms with Crippen molar-refractivity contribution in [1.29, 1.82) is 0 Å². The Balaban J connectivity index is 2.08. The number of benzene rings is 2. The van der Waals surface area contributed by atoms with Crippen LogP contribution >= 0.6 is 11.6 Å². The molecule has 2 aromatic rings. The van der Waals surface area contributed by atoms with Gasteiger partial charge in [-0.1, -0.05) is 23.7 Å². The molecule has 0 fully saturated rings. The van der Waals surface area contributed by atoms with E-state index in [9.17, 15) is 23.9 Å². The first-order chi connectivity index (χ1) is 13.2. The Bertz CT molecular complexity index is 1020. The molecule has 0 bridgehead atoms. The highest BCUT2D eigenvalue weighted by Gasteiger charge is 2.34. The summed E-state index contributed by atoms with van der Waals surface area (Å²) in [6.07, 6.45) is 1.13. The molecule has 0 radical (unpaired) electrons. The smallest absolute Gasteiger partial charge is 0.333 e. The normalized spacial score (nSPS) is 16.7. The van der Waals surface area contributed by atoms with E-state index >= 15 is 0 Å². The van der Waals surface area contributed by atoms with E-state index in [4.69, 9.17) is 17.3 Å². The van der Waals surface area contributed by atoms with Crippen LogP contribution in [-0.2, 0) is 9.59 Å². The molecule has 6 nitrogen and oxygen atoms in total. The first-order valence-corrected chi connectivity index (χ1v) is 8.70. The lowest BCUT2D eigenvalue weighted by molar-refractivity contribution is -0.133. The first-order valence-electron chi connectivity index (χ1n) is 8.32. The summed E-state index contributed by atoms with van der Waals surface area (Å²) in [5.74, 6) is -3.41. The van der Waals surface area contributed by atoms with Gasteiger partial charge in [-0.3, -0.25) is 14.5 Å². The third-order valence-electron chi connectivity index (χ3n) is 4.69. The molecule has 28 heavy (non-hydrogen) atoms. The van der Waals surface area contributed by atoms with E-state index in [1.165, 1.54) is 47.5 Å². The largest absolute Gasteiger partial charge is 0.478 e. The first kappa shape index (κ1) is 19.6. The molecule has 2 amide bonds. The number of hydrogen-bond donors (Lipinski definition) is 2. The fourth-order valence-corrected chi connectivity index (χ4v) is 3.46. The standard InChI is InChI=1S/C20H16ClFN2O4/c1-10-16(7-6-13(18(10)21)19(23)26)24-9-15(20(27)28)14(8-17(24)25)11-2-4-12(22)5-3-11/h2-7,9,14H,8H2,1H3,(H2,23,26)(H,27,28). The molecule has 0 spiro atoms. The molecule has 3 N–H and O–H groups in total. The van der Waals surface area contributed by atoms with Crippen molar-refractivity contribution in [2.24, 2.45) is 5.73 Å². The molecule has 3 rings (SSSR count). The van der Waals surface area contributed by atoms with E-state index in [0.717, 1.165) is 0 Å². The van der Waals surface area contributed by atoms with Gasteiger partial charge in [-0.2, -0.15) is 0 Å². The summed E-state index contributed by atoms with van der Waals surface area (Å²) < 4.78 is 13.2. The minimum Gasteiger partial charge on any atom is -0.478 e. The minimum atomic E-state index is -1.19. The van der Waals surface area contributed by atoms with Crippen LogP contribution in [-0.4, -0.2) is 22.9 Å². The number of carbonyl (C=O) groups is 3. The number of nitrogens with zero attached hydrogens (tertiary/aromatic N) is 1. The van der Waals surface area contributed by atoms with Gasteiger partial charge in [0.1, 0.15) is 5.82 Å². The number of carbonyl (C=O) groups excluding carboxylic acids is 2. The van der Waals surface area contributed by atoms with Crippen molar-refractivity contribution in [3.05, 3.63) is 75.7 Å². The molecule has 8 heteroatoms. The predicted octanol–water partition coefficient (Wildman–Crippen LogP) is 3.38. The maximum Gasteiger partial charge on any atom is 0.333 e. The zero-order valence-corrected chi connectivity index (χ0v) is 15.5. The Morgan fingerprint density at radius 1 is 1.21 bits per heavy atom. The number of carboxylic acids is 1. The summed E-state index contributed by atoms with van der Waals surface area (Å²) >= 11 is 6.19. The molecule has 2 aromatic carbocycles. The number of nitrogens with two attached hydrogens (primary N) is 1. The molecule has 1 unspecified atom stereocenters. The van der Waals surface area contributed by atoms with Crippen molar-refractivity contribution in [1.82, 2.24) is 0 Å². The van der Waals surface area contributed by atoms with Crippen LogP contribution in [0.1, 0.15) is 33.8 Å². The fraction of sp³-hybridized carbons (Fsp3) is 0.150. The topological polar surface area (TPSA) is 101 Å². The predicted molar refractivity (Wildman–Crippen MR) is 102 cm³/mol. The average Bonchev–Trinajstić information content (AvgIpc) is 2.64. The highest BCUT2D eigenvalue weighted by atomic mass is 35.5. The molecule has 0 saturated heterocycles. The van der Waals surface area contributed by atoms with Crippen molar-refractivity contribution < 1.29 is 23.9 Å². The molecule has 144 valence electrons. The number of carboxylic acid groups (broad SMARTS) is 1. The number of primary amides is 1. The third-order valence-corrected chi connectivity index (χ3v) is 5.18. The van der Waals surface area contributed by atoms with Gasteiger partial charge in [0.15, 0.2) is 0 Å². The van der Waals surface area contributed by atoms with Gasteiger partial charge in [-0.05, 0) is 42.3 Å². The van der Waals surface area contributed by atoms with Gasteiger partial charge in [0.05, 0.1) is 21.8 Å². The Labute approximate surface area is 165 Å². The number of anilines is 1. The molecular formula is C20H16ClFN2O4. The second-order valence-corrected chi connectivity index (χ2v) is 6.78. The molecule has 1 aliphatic heterocycles. The van der Waals surface area contributed by atoms with Gasteiger partial charge in [-0.15, -0.1) is 0 Å². The zero-order valence-electron chi connectivity index (χ0n) is 14.8. The van der Waals surface area contributed by atoms with E-state index in [0.29, 0.717) is 16.8 Å². The number of rotatable bonds is 4. The lowest BCUT2D eigenvalue weighted by atomic mass is 9.85. The van der Waals surface area contributed by atoms with Gasteiger partial charge < -0.3 is 10.8 Å². The fourth-order valence-electron chi connectivity index (χ4n) is 3.21. The molecule has 0 saturated carbocycles. The Hall–Kier alpha value is -3.19. The quantitative estimate of drug-likeness (QED) is 0.818. The second kappa shape index (κ2) is 7.44. The molecule has 1 aliphatic rings. The summed E-state index contributed by atoms with van der Waals surface area (Å²) in [6, 6.07) is 8.25. The van der Waals surface area contributed by atoms with E-state index in [2.05, 4.69) is 0 Å². The summed E-state index contributed by atoms with van der Waals surface area (Å²) in [5, 5.41) is 9.75. The van der Waals surface area contributed by atoms with Crippen LogP contribution in [0.15, 0.2) is 48.2 Å². The van der Waals surface area contributed by atoms with Crippen LogP contribution in [0.4, 0.5) is 10.1 Å². The molecule has 1 heterocycles. The highest BCUT2D eigenvalue weighted by molar-refractivity contribution is 6.35. The monoisotopic (exact) mass is 402 g/mol. The third kappa shape index (κ3) is 3.48. The van der Waals surface area contributed by atoms with Crippen LogP contribution in [0.25, 0.3) is 0 Å². The summed E-state index contributed by atoms with van der Waals surface area (Å²) in [5.41, 5.74) is 6.68. The van der Waals surface area contributed by atoms with Crippen LogP contribution in [0.2, 0.25) is 5.02 Å². The number of amides is 2. The van der Waals surface area contributed by atoms with E-state index < -0.39 is 23.6 Å². The van der Waals surface area contributed by atoms with Gasteiger partial charge >= 0.3 is 5.97 Å². The second-order valence-electron chi connectivity index (χ2n) is 6.40. The van der Waals surface area contributed by atoms with Crippen LogP contribution in [0.3, 0.4) is 0 Å². The van der Waals surface area contributed by atoms with Gasteiger partial charge in [0, 0.05) is 18.5 Å². The zero-order chi connectivity index (χ0) is 20.6. The van der Waals surface area contributed by atoms with Crippen molar-refractivity contribution >= 4 is 35.1 Å². The molecule has 0 aliphatic carbocycles. The van der Waals surface area contributed by atoms with Crippen molar-refractivity contribution in [3.8, 4) is 0 Å². The highest BCUT2D eigenvalue weighted by Crippen LogP contribution is 2.37. The number of hydrogen-bond acceptors (Lipinski definition) is 3. The summed E-state index contributed by atoms with van der Waals surface area (Å²) in [6.45, 7) is 1.61. The van der Waals surface area contributed by atoms with Crippen LogP contribution in [0, 0.1) is 12.7 Å². The Kier molecular flexibility index (Phi) is 5.20. The minimum absolute atomic E-state index is 0.0132. The Morgan fingerprint density at radius 2 is 1.86 bits per heavy atom. The lowest BCUT2D eigenvalue weighted by Gasteiger charge is -2.30. The van der Waals surface area contributed by atoms with Gasteiger partial charge in [0.25, 0.3) is 0 Å². The maximum atomic E-state index is 13.2. The van der Waals surface area contributed by atoms with E-state index in [1.807, 2.05) is 0 Å². The Morgan fingerprint density at radius 3 is 2.43 bits per heavy atom. The SMILES string of the molecule is Cc1c(N2C=C(C(=O)O)C(c3ccc(F)cc3)CC2=O)ccc(C(N)=O)c1Cl. The number of aliphatic carboxylic acids is 1. The summed E-state index contributed by atoms with van der Waals surface area (Å²) in [7, 11) is 0. The van der Waals surface area contributed by atoms with Crippen molar-refractivity contribution in [2.75, 3.05) is 4.90 Å². The van der Waals surface area contributed by atoms with Crippen molar-refractivity contribution in [2.45, 2.75) is 19.3 Å². The van der Waals surface area contributed by atoms with Crippen molar-refractivity contribution in [3.63, 3.8) is 0 Å². The molecule has 0 aromatic heterocycles. The van der Waals surface area contributed by atoms with E-state index in [-0.39, 0.29) is 28.5 Å². The maximum absolute atomic E-state index is 13.2. The van der Waals surface area contributed by atoms with E-state index in [1.54, 1.807) is 6.92 Å². The number of halogens is 2. The van der Waals surface area contributed by atoms with Gasteiger partial charge in [0.2, 0.25) is 11.8 Å². The van der Waals surface area contributed by atoms with Gasteiger partial charge in [-0.25, -0.2) is 9.18 Å². The molecular weight excluding hydrogens is 387 g/mol. The summed E-state index contributed by atoms with van der Waals surface area (Å²) in [4.78, 5) is 37.2.